The third-order valence-corrected chi connectivity index (χ3v) is 4.64. The first kappa shape index (κ1) is 19.5. The van der Waals surface area contributed by atoms with Crippen LogP contribution in [0.3, 0.4) is 0 Å². The second-order valence-electron chi connectivity index (χ2n) is 6.50. The van der Waals surface area contributed by atoms with Gasteiger partial charge >= 0.3 is 0 Å². The number of rotatable bonds is 8. The molecule has 3 rings (SSSR count). The summed E-state index contributed by atoms with van der Waals surface area (Å²) in [6.07, 6.45) is 2.42. The van der Waals surface area contributed by atoms with E-state index in [1.165, 1.54) is 0 Å². The molecule has 2 aromatic heterocycles. The number of hydrogen-bond donors (Lipinski definition) is 2. The Morgan fingerprint density at radius 1 is 1.14 bits per heavy atom. The van der Waals surface area contributed by atoms with Gasteiger partial charge in [-0.05, 0) is 37.6 Å². The standard InChI is InChI=1S/C21H25N5O2/c1-3-26(4-2)19-11-9-15(13-22-19)14-23-20(27)12-10-18-24-17-8-6-5-7-16(17)21(28)25-18/h5-9,11,13H,3-4,10,12,14H2,1-2H3,(H,23,27)(H,24,25,28). The van der Waals surface area contributed by atoms with Crippen molar-refractivity contribution in [3.63, 3.8) is 0 Å². The normalized spacial score (nSPS) is 10.8. The zero-order valence-electron chi connectivity index (χ0n) is 16.2. The number of anilines is 1. The molecular formula is C21H25N5O2. The number of hydrogen-bond acceptors (Lipinski definition) is 5. The summed E-state index contributed by atoms with van der Waals surface area (Å²) >= 11 is 0. The number of fused-ring (bicyclic) bond motifs is 1. The lowest BCUT2D eigenvalue weighted by molar-refractivity contribution is -0.121. The fraction of sp³-hybridized carbons (Fsp3) is 0.333. The monoisotopic (exact) mass is 379 g/mol. The number of carbonyl (C=O) groups excluding carboxylic acids is 1. The van der Waals surface area contributed by atoms with Gasteiger partial charge in [0.05, 0.1) is 10.9 Å². The maximum absolute atomic E-state index is 12.1. The number of nitrogens with zero attached hydrogens (tertiary/aromatic N) is 3. The Labute approximate surface area is 163 Å². The number of aromatic nitrogens is 3. The topological polar surface area (TPSA) is 91.0 Å². The van der Waals surface area contributed by atoms with Crippen molar-refractivity contribution in [2.75, 3.05) is 18.0 Å². The fourth-order valence-corrected chi connectivity index (χ4v) is 3.03. The minimum Gasteiger partial charge on any atom is -0.357 e. The van der Waals surface area contributed by atoms with Crippen LogP contribution in [0.2, 0.25) is 0 Å². The largest absolute Gasteiger partial charge is 0.357 e. The summed E-state index contributed by atoms with van der Waals surface area (Å²) in [4.78, 5) is 38.0. The van der Waals surface area contributed by atoms with Crippen LogP contribution in [0.25, 0.3) is 10.9 Å². The van der Waals surface area contributed by atoms with Gasteiger partial charge in [0.1, 0.15) is 11.6 Å². The molecule has 0 unspecified atom stereocenters. The number of para-hydroxylation sites is 1. The van der Waals surface area contributed by atoms with E-state index in [-0.39, 0.29) is 17.9 Å². The SMILES string of the molecule is CCN(CC)c1ccc(CNC(=O)CCc2nc3ccccc3c(=O)[nH]2)cn1. The van der Waals surface area contributed by atoms with E-state index in [0.29, 0.717) is 29.7 Å². The molecule has 146 valence electrons. The fourth-order valence-electron chi connectivity index (χ4n) is 3.03. The lowest BCUT2D eigenvalue weighted by Gasteiger charge is -2.19. The van der Waals surface area contributed by atoms with Crippen LogP contribution >= 0.6 is 0 Å². The molecule has 0 aliphatic rings. The number of H-pyrrole nitrogens is 1. The number of aryl methyl sites for hydroxylation is 1. The van der Waals surface area contributed by atoms with Gasteiger partial charge in [-0.25, -0.2) is 9.97 Å². The van der Waals surface area contributed by atoms with Crippen molar-refractivity contribution in [1.82, 2.24) is 20.3 Å². The molecule has 1 aromatic carbocycles. The molecule has 0 radical (unpaired) electrons. The number of amides is 1. The van der Waals surface area contributed by atoms with Gasteiger partial charge in [0.15, 0.2) is 0 Å². The second kappa shape index (κ2) is 9.12. The number of carbonyl (C=O) groups is 1. The van der Waals surface area contributed by atoms with E-state index >= 15 is 0 Å². The zero-order chi connectivity index (χ0) is 19.9. The molecule has 0 spiro atoms. The second-order valence-corrected chi connectivity index (χ2v) is 6.50. The van der Waals surface area contributed by atoms with Gasteiger partial charge in [-0.2, -0.15) is 0 Å². The molecule has 3 aromatic rings. The molecule has 0 aliphatic carbocycles. The Morgan fingerprint density at radius 2 is 1.93 bits per heavy atom. The summed E-state index contributed by atoms with van der Waals surface area (Å²) in [6, 6.07) is 11.1. The number of benzene rings is 1. The molecule has 0 bridgehead atoms. The highest BCUT2D eigenvalue weighted by molar-refractivity contribution is 5.78. The van der Waals surface area contributed by atoms with Crippen LogP contribution in [-0.4, -0.2) is 33.9 Å². The molecule has 0 atom stereocenters. The van der Waals surface area contributed by atoms with Gasteiger partial charge in [-0.1, -0.05) is 18.2 Å². The summed E-state index contributed by atoms with van der Waals surface area (Å²) in [5.41, 5.74) is 1.41. The summed E-state index contributed by atoms with van der Waals surface area (Å²) in [6.45, 7) is 6.43. The molecule has 0 fully saturated rings. The van der Waals surface area contributed by atoms with E-state index in [9.17, 15) is 9.59 Å². The van der Waals surface area contributed by atoms with E-state index in [2.05, 4.69) is 39.0 Å². The third kappa shape index (κ3) is 4.73. The number of nitrogens with one attached hydrogen (secondary N) is 2. The minimum atomic E-state index is -0.180. The Hall–Kier alpha value is -3.22. The van der Waals surface area contributed by atoms with Crippen LogP contribution in [0.5, 0.6) is 0 Å². The Bertz CT molecular complexity index is 994. The van der Waals surface area contributed by atoms with Crippen molar-refractivity contribution in [2.45, 2.75) is 33.2 Å². The molecule has 0 saturated heterocycles. The highest BCUT2D eigenvalue weighted by atomic mass is 16.1. The summed E-state index contributed by atoms with van der Waals surface area (Å²) < 4.78 is 0. The summed E-state index contributed by atoms with van der Waals surface area (Å²) in [7, 11) is 0. The average Bonchev–Trinajstić information content (AvgIpc) is 2.72. The van der Waals surface area contributed by atoms with Crippen molar-refractivity contribution in [3.05, 3.63) is 64.3 Å². The van der Waals surface area contributed by atoms with Gasteiger partial charge in [0.2, 0.25) is 5.91 Å². The molecule has 0 saturated carbocycles. The first-order valence-electron chi connectivity index (χ1n) is 9.55. The summed E-state index contributed by atoms with van der Waals surface area (Å²) in [5.74, 6) is 1.36. The van der Waals surface area contributed by atoms with E-state index in [1.807, 2.05) is 18.2 Å². The Kier molecular flexibility index (Phi) is 6.37. The first-order valence-corrected chi connectivity index (χ1v) is 9.55. The van der Waals surface area contributed by atoms with Crippen LogP contribution in [0.1, 0.15) is 31.7 Å². The van der Waals surface area contributed by atoms with Crippen molar-refractivity contribution in [3.8, 4) is 0 Å². The highest BCUT2D eigenvalue weighted by Gasteiger charge is 2.08. The summed E-state index contributed by atoms with van der Waals surface area (Å²) in [5, 5.41) is 3.44. The maximum atomic E-state index is 12.1. The molecule has 28 heavy (non-hydrogen) atoms. The smallest absolute Gasteiger partial charge is 0.258 e. The quantitative estimate of drug-likeness (QED) is 0.627. The first-order chi connectivity index (χ1) is 13.6. The van der Waals surface area contributed by atoms with E-state index in [1.54, 1.807) is 24.4 Å². The molecule has 1 amide bonds. The van der Waals surface area contributed by atoms with E-state index in [0.717, 1.165) is 24.5 Å². The average molecular weight is 379 g/mol. The van der Waals surface area contributed by atoms with E-state index < -0.39 is 0 Å². The maximum Gasteiger partial charge on any atom is 0.258 e. The molecular weight excluding hydrogens is 354 g/mol. The van der Waals surface area contributed by atoms with Crippen LogP contribution in [0.4, 0.5) is 5.82 Å². The molecule has 7 nitrogen and oxygen atoms in total. The molecule has 7 heteroatoms. The van der Waals surface area contributed by atoms with Crippen LogP contribution < -0.4 is 15.8 Å². The van der Waals surface area contributed by atoms with Gasteiger partial charge < -0.3 is 15.2 Å². The molecule has 0 aliphatic heterocycles. The Morgan fingerprint density at radius 3 is 2.64 bits per heavy atom. The van der Waals surface area contributed by atoms with Gasteiger partial charge in [-0.3, -0.25) is 9.59 Å². The van der Waals surface area contributed by atoms with Crippen molar-refractivity contribution in [1.29, 1.82) is 0 Å². The van der Waals surface area contributed by atoms with Crippen molar-refractivity contribution < 1.29 is 4.79 Å². The predicted molar refractivity (Wildman–Crippen MR) is 110 cm³/mol. The van der Waals surface area contributed by atoms with E-state index in [4.69, 9.17) is 0 Å². The van der Waals surface area contributed by atoms with Crippen LogP contribution in [-0.2, 0) is 17.8 Å². The van der Waals surface area contributed by atoms with Crippen LogP contribution in [0.15, 0.2) is 47.4 Å². The van der Waals surface area contributed by atoms with Crippen LogP contribution in [0, 0.1) is 0 Å². The lowest BCUT2D eigenvalue weighted by atomic mass is 10.2. The molecule has 2 N–H and O–H groups in total. The van der Waals surface area contributed by atoms with Crippen molar-refractivity contribution in [2.24, 2.45) is 0 Å². The Balaban J connectivity index is 1.53. The predicted octanol–water partition coefficient (Wildman–Crippen LogP) is 2.41. The third-order valence-electron chi connectivity index (χ3n) is 4.64. The molecule has 2 heterocycles. The van der Waals surface area contributed by atoms with Crippen molar-refractivity contribution >= 4 is 22.6 Å². The zero-order valence-corrected chi connectivity index (χ0v) is 16.2. The number of aromatic amines is 1. The lowest BCUT2D eigenvalue weighted by Crippen LogP contribution is -2.25. The minimum absolute atomic E-state index is 0.0939. The highest BCUT2D eigenvalue weighted by Crippen LogP contribution is 2.11. The van der Waals surface area contributed by atoms with Gasteiger partial charge in [0, 0.05) is 38.7 Å². The van der Waals surface area contributed by atoms with Gasteiger partial charge in [0.25, 0.3) is 5.56 Å². The van der Waals surface area contributed by atoms with Gasteiger partial charge in [-0.15, -0.1) is 0 Å². The number of pyridine rings is 1.